The normalized spacial score (nSPS) is 26.4. The lowest BCUT2D eigenvalue weighted by atomic mass is 10.2. The van der Waals surface area contributed by atoms with Crippen LogP contribution in [-0.4, -0.2) is 25.7 Å². The van der Waals surface area contributed by atoms with Crippen LogP contribution in [0, 0.1) is 0 Å². The van der Waals surface area contributed by atoms with E-state index < -0.39 is 0 Å². The lowest BCUT2D eigenvalue weighted by molar-refractivity contribution is 0.200. The maximum absolute atomic E-state index is 5.98. The van der Waals surface area contributed by atoms with Gasteiger partial charge in [-0.3, -0.25) is 0 Å². The number of benzene rings is 1. The van der Waals surface area contributed by atoms with E-state index in [4.69, 9.17) is 10.5 Å². The minimum atomic E-state index is 0.0624. The van der Waals surface area contributed by atoms with Gasteiger partial charge in [-0.2, -0.15) is 0 Å². The van der Waals surface area contributed by atoms with Crippen LogP contribution in [0.3, 0.4) is 0 Å². The molecular weight excluding hydrogens is 176 g/mol. The average molecular weight is 192 g/mol. The van der Waals surface area contributed by atoms with Crippen molar-refractivity contribution in [1.82, 2.24) is 0 Å². The Morgan fingerprint density at radius 1 is 1.43 bits per heavy atom. The summed E-state index contributed by atoms with van der Waals surface area (Å²) >= 11 is 0. The zero-order valence-electron chi connectivity index (χ0n) is 8.60. The van der Waals surface area contributed by atoms with E-state index >= 15 is 0 Å². The number of rotatable bonds is 0. The molecule has 1 aromatic rings. The Bertz CT molecular complexity index is 327. The number of nitrogens with two attached hydrogens (primary N) is 1. The molecule has 2 N–H and O–H groups in total. The van der Waals surface area contributed by atoms with Gasteiger partial charge in [-0.05, 0) is 19.1 Å². The maximum atomic E-state index is 5.98. The van der Waals surface area contributed by atoms with E-state index in [0.717, 1.165) is 18.0 Å². The van der Waals surface area contributed by atoms with E-state index in [1.54, 1.807) is 0 Å². The highest BCUT2D eigenvalue weighted by molar-refractivity contribution is 5.58. The molecule has 0 spiro atoms. The molecule has 1 unspecified atom stereocenters. The summed E-state index contributed by atoms with van der Waals surface area (Å²) in [6.45, 7) is 2.85. The largest absolute Gasteiger partial charge is 0.487 e. The Balaban J connectivity index is 2.38. The number of fused-ring (bicyclic) bond motifs is 1. The first-order valence-corrected chi connectivity index (χ1v) is 4.91. The van der Waals surface area contributed by atoms with Gasteiger partial charge in [0.05, 0.1) is 11.7 Å². The molecule has 3 nitrogen and oxygen atoms in total. The van der Waals surface area contributed by atoms with Gasteiger partial charge >= 0.3 is 0 Å². The lowest BCUT2D eigenvalue weighted by Gasteiger charge is -2.20. The number of nitrogens with zero attached hydrogens (tertiary/aromatic N) is 1. The summed E-state index contributed by atoms with van der Waals surface area (Å²) in [4.78, 5) is 2.14. The second-order valence-electron chi connectivity index (χ2n) is 3.84. The second kappa shape index (κ2) is 3.50. The molecule has 0 aliphatic carbocycles. The zero-order chi connectivity index (χ0) is 10.1. The van der Waals surface area contributed by atoms with E-state index in [1.165, 1.54) is 0 Å². The van der Waals surface area contributed by atoms with Gasteiger partial charge in [0.2, 0.25) is 0 Å². The van der Waals surface area contributed by atoms with Gasteiger partial charge in [-0.15, -0.1) is 0 Å². The SMILES string of the molecule is CC1Oc2ccccc2N(C)C[C@@H]1N. The Kier molecular flexibility index (Phi) is 2.33. The van der Waals surface area contributed by atoms with Crippen LogP contribution in [0.4, 0.5) is 5.69 Å². The average Bonchev–Trinajstić information content (AvgIpc) is 2.27. The number of hydrogen-bond donors (Lipinski definition) is 1. The second-order valence-corrected chi connectivity index (χ2v) is 3.84. The molecule has 0 amide bonds. The van der Waals surface area contributed by atoms with Crippen molar-refractivity contribution in [1.29, 1.82) is 0 Å². The number of hydrogen-bond acceptors (Lipinski definition) is 3. The Morgan fingerprint density at radius 2 is 2.14 bits per heavy atom. The third-order valence-corrected chi connectivity index (χ3v) is 2.68. The predicted molar refractivity (Wildman–Crippen MR) is 57.8 cm³/mol. The van der Waals surface area contributed by atoms with Gasteiger partial charge in [0.1, 0.15) is 11.9 Å². The van der Waals surface area contributed by atoms with E-state index in [0.29, 0.717) is 0 Å². The molecule has 3 heteroatoms. The quantitative estimate of drug-likeness (QED) is 0.672. The molecule has 0 bridgehead atoms. The molecule has 1 aliphatic rings. The van der Waals surface area contributed by atoms with E-state index in [2.05, 4.69) is 11.0 Å². The molecule has 2 rings (SSSR count). The summed E-state index contributed by atoms with van der Waals surface area (Å²) in [7, 11) is 2.04. The van der Waals surface area contributed by atoms with Gasteiger partial charge in [-0.25, -0.2) is 0 Å². The Morgan fingerprint density at radius 3 is 2.93 bits per heavy atom. The summed E-state index contributed by atoms with van der Waals surface area (Å²) in [5.41, 5.74) is 7.10. The molecule has 0 fully saturated rings. The summed E-state index contributed by atoms with van der Waals surface area (Å²) in [5, 5.41) is 0. The molecule has 14 heavy (non-hydrogen) atoms. The van der Waals surface area contributed by atoms with Crippen molar-refractivity contribution in [3.63, 3.8) is 0 Å². The molecule has 76 valence electrons. The third kappa shape index (κ3) is 1.55. The van der Waals surface area contributed by atoms with Crippen LogP contribution in [0.15, 0.2) is 24.3 Å². The van der Waals surface area contributed by atoms with Crippen molar-refractivity contribution in [3.05, 3.63) is 24.3 Å². The van der Waals surface area contributed by atoms with Crippen molar-refractivity contribution < 1.29 is 4.74 Å². The highest BCUT2D eigenvalue weighted by atomic mass is 16.5. The van der Waals surface area contributed by atoms with Gasteiger partial charge in [0, 0.05) is 13.6 Å². The Hall–Kier alpha value is -1.22. The topological polar surface area (TPSA) is 38.5 Å². The molecule has 1 aromatic carbocycles. The molecular formula is C11H16N2O. The van der Waals surface area contributed by atoms with Crippen molar-refractivity contribution in [3.8, 4) is 5.75 Å². The first-order valence-electron chi connectivity index (χ1n) is 4.91. The molecule has 0 saturated heterocycles. The molecule has 1 aliphatic heterocycles. The summed E-state index contributed by atoms with van der Waals surface area (Å²) in [6.07, 6.45) is 0.0705. The smallest absolute Gasteiger partial charge is 0.143 e. The first-order chi connectivity index (χ1) is 6.68. The van der Waals surface area contributed by atoms with E-state index in [-0.39, 0.29) is 12.1 Å². The Labute approximate surface area is 84.5 Å². The number of ether oxygens (including phenoxy) is 1. The van der Waals surface area contributed by atoms with Crippen LogP contribution >= 0.6 is 0 Å². The third-order valence-electron chi connectivity index (χ3n) is 2.68. The first kappa shape index (κ1) is 9.34. The molecule has 0 radical (unpaired) electrons. The molecule has 0 saturated carbocycles. The fourth-order valence-corrected chi connectivity index (χ4v) is 1.72. The van der Waals surface area contributed by atoms with Crippen LogP contribution in [0.5, 0.6) is 5.75 Å². The fourth-order valence-electron chi connectivity index (χ4n) is 1.72. The summed E-state index contributed by atoms with van der Waals surface area (Å²) in [5.74, 6) is 0.926. The number of likely N-dealkylation sites (N-methyl/N-ethyl adjacent to an activating group) is 1. The van der Waals surface area contributed by atoms with Crippen molar-refractivity contribution in [2.24, 2.45) is 5.73 Å². The fraction of sp³-hybridized carbons (Fsp3) is 0.455. The van der Waals surface area contributed by atoms with Crippen molar-refractivity contribution in [2.45, 2.75) is 19.1 Å². The van der Waals surface area contributed by atoms with Crippen molar-refractivity contribution >= 4 is 5.69 Å². The standard InChI is InChI=1S/C11H16N2O/c1-8-9(12)7-13(2)10-5-3-4-6-11(10)14-8/h3-6,8-9H,7,12H2,1-2H3/t8?,9-/m0/s1. The minimum absolute atomic E-state index is 0.0624. The highest BCUT2D eigenvalue weighted by Gasteiger charge is 2.23. The maximum Gasteiger partial charge on any atom is 0.143 e. The van der Waals surface area contributed by atoms with Crippen LogP contribution in [0.2, 0.25) is 0 Å². The molecule has 2 atom stereocenters. The molecule has 1 heterocycles. The van der Waals surface area contributed by atoms with Gasteiger partial charge < -0.3 is 15.4 Å². The summed E-state index contributed by atoms with van der Waals surface area (Å²) in [6, 6.07) is 8.10. The van der Waals surface area contributed by atoms with Gasteiger partial charge in [0.15, 0.2) is 0 Å². The van der Waals surface area contributed by atoms with Crippen LogP contribution in [0.1, 0.15) is 6.92 Å². The number of para-hydroxylation sites is 2. The van der Waals surface area contributed by atoms with Crippen LogP contribution in [-0.2, 0) is 0 Å². The number of anilines is 1. The van der Waals surface area contributed by atoms with E-state index in [1.807, 2.05) is 32.2 Å². The summed E-state index contributed by atoms with van der Waals surface area (Å²) < 4.78 is 5.77. The van der Waals surface area contributed by atoms with Crippen LogP contribution < -0.4 is 15.4 Å². The van der Waals surface area contributed by atoms with E-state index in [9.17, 15) is 0 Å². The van der Waals surface area contributed by atoms with Gasteiger partial charge in [-0.1, -0.05) is 12.1 Å². The molecule has 0 aromatic heterocycles. The highest BCUT2D eigenvalue weighted by Crippen LogP contribution is 2.30. The van der Waals surface area contributed by atoms with Gasteiger partial charge in [0.25, 0.3) is 0 Å². The monoisotopic (exact) mass is 192 g/mol. The lowest BCUT2D eigenvalue weighted by Crippen LogP contribution is -2.42. The zero-order valence-corrected chi connectivity index (χ0v) is 8.60. The predicted octanol–water partition coefficient (Wildman–Crippen LogP) is 1.23. The minimum Gasteiger partial charge on any atom is -0.487 e. The van der Waals surface area contributed by atoms with Crippen LogP contribution in [0.25, 0.3) is 0 Å². The van der Waals surface area contributed by atoms with Crippen molar-refractivity contribution in [2.75, 3.05) is 18.5 Å².